The summed E-state index contributed by atoms with van der Waals surface area (Å²) in [6.45, 7) is 15.5. The molecule has 6 heteroatoms. The molecule has 0 amide bonds. The van der Waals surface area contributed by atoms with Crippen molar-refractivity contribution >= 4 is 17.9 Å². The van der Waals surface area contributed by atoms with Crippen LogP contribution in [0.2, 0.25) is 0 Å². The van der Waals surface area contributed by atoms with Gasteiger partial charge in [0, 0.05) is 17.1 Å². The van der Waals surface area contributed by atoms with E-state index in [0.717, 1.165) is 6.42 Å². The van der Waals surface area contributed by atoms with Gasteiger partial charge >= 0.3 is 17.9 Å². The van der Waals surface area contributed by atoms with Crippen molar-refractivity contribution in [1.29, 1.82) is 0 Å². The Morgan fingerprint density at radius 1 is 1.10 bits per heavy atom. The van der Waals surface area contributed by atoms with E-state index in [2.05, 4.69) is 20.4 Å². The molecule has 1 aliphatic heterocycles. The molecule has 2 saturated carbocycles. The van der Waals surface area contributed by atoms with E-state index in [9.17, 15) is 14.4 Å². The highest BCUT2D eigenvalue weighted by molar-refractivity contribution is 5.90. The molecule has 1 saturated heterocycles. The van der Waals surface area contributed by atoms with Gasteiger partial charge in [-0.2, -0.15) is 0 Å². The van der Waals surface area contributed by atoms with Gasteiger partial charge in [0.15, 0.2) is 0 Å². The summed E-state index contributed by atoms with van der Waals surface area (Å²) in [6.07, 6.45) is 4.10. The monoisotopic (exact) mass is 430 g/mol. The predicted molar refractivity (Wildman–Crippen MR) is 116 cm³/mol. The summed E-state index contributed by atoms with van der Waals surface area (Å²) in [7, 11) is 0. The van der Waals surface area contributed by atoms with Gasteiger partial charge < -0.3 is 14.2 Å². The van der Waals surface area contributed by atoms with E-state index >= 15 is 0 Å². The third kappa shape index (κ3) is 3.54. The fourth-order valence-corrected chi connectivity index (χ4v) is 5.57. The zero-order valence-electron chi connectivity index (χ0n) is 19.4. The molecule has 1 spiro atoms. The first-order chi connectivity index (χ1) is 14.5. The minimum absolute atomic E-state index is 0.120. The van der Waals surface area contributed by atoms with Crippen LogP contribution in [0.5, 0.6) is 0 Å². The standard InChI is InChI=1S/C25H34O6/c1-8-14(3)21(26)30-18-11-10-16(5)24(7)13-25(17(6)12-29-23(25)28)20(19(18)24)31-22(27)15(4)9-2/h8-9,16,18-20H,6,10-13H2,1-5,7H3/b14-8-,15-9-/t16-,18?,19+,20+,24+,25+/m0/s1. The Kier molecular flexibility index (Phi) is 6.23. The SMILES string of the molecule is C=C1COC(=O)[C@]12C[C@@]1(C)[C@H](C(OC(=O)/C(C)=C\C)CC[C@@H]1C)[C@H]2OC(=O)/C(C)=C\C. The summed E-state index contributed by atoms with van der Waals surface area (Å²) in [6, 6.07) is 0. The Morgan fingerprint density at radius 3 is 2.19 bits per heavy atom. The van der Waals surface area contributed by atoms with E-state index in [4.69, 9.17) is 14.2 Å². The topological polar surface area (TPSA) is 78.9 Å². The molecule has 0 radical (unpaired) electrons. The van der Waals surface area contributed by atoms with E-state index in [0.29, 0.717) is 29.6 Å². The second-order valence-electron chi connectivity index (χ2n) is 9.55. The zero-order chi connectivity index (χ0) is 23.1. The van der Waals surface area contributed by atoms with Crippen LogP contribution < -0.4 is 0 Å². The van der Waals surface area contributed by atoms with Gasteiger partial charge in [-0.05, 0) is 63.9 Å². The third-order valence-corrected chi connectivity index (χ3v) is 8.02. The number of allylic oxidation sites excluding steroid dienone is 2. The molecule has 0 aromatic carbocycles. The third-order valence-electron chi connectivity index (χ3n) is 8.02. The molecule has 170 valence electrons. The fraction of sp³-hybridized carbons (Fsp3) is 0.640. The molecular formula is C25H34O6. The first kappa shape index (κ1) is 23.3. The van der Waals surface area contributed by atoms with Gasteiger partial charge in [-0.15, -0.1) is 0 Å². The van der Waals surface area contributed by atoms with E-state index in [1.165, 1.54) is 0 Å². The van der Waals surface area contributed by atoms with Crippen LogP contribution in [-0.2, 0) is 28.6 Å². The Balaban J connectivity index is 2.10. The molecular weight excluding hydrogens is 396 g/mol. The highest BCUT2D eigenvalue weighted by Gasteiger charge is 2.72. The smallest absolute Gasteiger partial charge is 0.333 e. The first-order valence-corrected chi connectivity index (χ1v) is 11.1. The molecule has 3 rings (SSSR count). The van der Waals surface area contributed by atoms with Crippen molar-refractivity contribution in [3.63, 3.8) is 0 Å². The Morgan fingerprint density at radius 2 is 1.68 bits per heavy atom. The lowest BCUT2D eigenvalue weighted by Gasteiger charge is -2.46. The van der Waals surface area contributed by atoms with E-state index in [-0.39, 0.29) is 29.8 Å². The molecule has 2 aliphatic carbocycles. The van der Waals surface area contributed by atoms with Gasteiger partial charge in [0.2, 0.25) is 0 Å². The lowest BCUT2D eigenvalue weighted by atomic mass is 9.61. The number of fused-ring (bicyclic) bond motifs is 1. The number of cyclic esters (lactones) is 1. The van der Waals surface area contributed by atoms with Crippen LogP contribution in [0.25, 0.3) is 0 Å². The van der Waals surface area contributed by atoms with Crippen molar-refractivity contribution in [3.8, 4) is 0 Å². The van der Waals surface area contributed by atoms with Gasteiger partial charge in [0.05, 0.1) is 0 Å². The van der Waals surface area contributed by atoms with Crippen LogP contribution in [0, 0.1) is 22.7 Å². The number of hydrogen-bond donors (Lipinski definition) is 0. The molecule has 0 bridgehead atoms. The Hall–Kier alpha value is -2.37. The molecule has 0 N–H and O–H groups in total. The van der Waals surface area contributed by atoms with E-state index in [1.807, 2.05) is 0 Å². The second kappa shape index (κ2) is 8.29. The lowest BCUT2D eigenvalue weighted by Crippen LogP contribution is -2.50. The number of rotatable bonds is 4. The van der Waals surface area contributed by atoms with Crippen LogP contribution >= 0.6 is 0 Å². The first-order valence-electron chi connectivity index (χ1n) is 11.1. The van der Waals surface area contributed by atoms with E-state index in [1.54, 1.807) is 39.8 Å². The van der Waals surface area contributed by atoms with Gasteiger partial charge in [0.1, 0.15) is 24.2 Å². The van der Waals surface area contributed by atoms with Gasteiger partial charge in [-0.25, -0.2) is 9.59 Å². The molecule has 6 atom stereocenters. The largest absolute Gasteiger partial charge is 0.460 e. The maximum Gasteiger partial charge on any atom is 0.333 e. The van der Waals surface area contributed by atoms with Crippen LogP contribution in [-0.4, -0.2) is 36.7 Å². The fourth-order valence-electron chi connectivity index (χ4n) is 5.57. The molecule has 0 aromatic rings. The molecule has 31 heavy (non-hydrogen) atoms. The van der Waals surface area contributed by atoms with Crippen LogP contribution in [0.4, 0.5) is 0 Å². The summed E-state index contributed by atoms with van der Waals surface area (Å²) in [5.41, 5.74) is 0.126. The minimum atomic E-state index is -1.11. The van der Waals surface area contributed by atoms with E-state index < -0.39 is 29.6 Å². The molecule has 6 nitrogen and oxygen atoms in total. The predicted octanol–water partition coefficient (Wildman–Crippen LogP) is 4.30. The molecule has 0 aromatic heterocycles. The summed E-state index contributed by atoms with van der Waals surface area (Å²) < 4.78 is 17.4. The highest BCUT2D eigenvalue weighted by Crippen LogP contribution is 2.66. The number of ether oxygens (including phenoxy) is 3. The Bertz CT molecular complexity index is 849. The normalized spacial score (nSPS) is 38.1. The molecule has 1 unspecified atom stereocenters. The number of hydrogen-bond acceptors (Lipinski definition) is 6. The zero-order valence-corrected chi connectivity index (χ0v) is 19.4. The van der Waals surface area contributed by atoms with Crippen LogP contribution in [0.15, 0.2) is 35.5 Å². The van der Waals surface area contributed by atoms with Crippen LogP contribution in [0.3, 0.4) is 0 Å². The van der Waals surface area contributed by atoms with Crippen molar-refractivity contribution in [2.75, 3.05) is 6.61 Å². The Labute approximate surface area is 184 Å². The molecule has 1 heterocycles. The molecule has 3 aliphatic rings. The number of esters is 3. The lowest BCUT2D eigenvalue weighted by molar-refractivity contribution is -0.172. The van der Waals surface area contributed by atoms with Gasteiger partial charge in [-0.1, -0.05) is 32.6 Å². The van der Waals surface area contributed by atoms with Crippen molar-refractivity contribution in [2.24, 2.45) is 22.7 Å². The maximum atomic E-state index is 13.1. The maximum absolute atomic E-state index is 13.1. The number of carbonyl (C=O) groups is 3. The van der Waals surface area contributed by atoms with Crippen molar-refractivity contribution in [1.82, 2.24) is 0 Å². The molecule has 3 fully saturated rings. The van der Waals surface area contributed by atoms with Crippen molar-refractivity contribution < 1.29 is 28.6 Å². The van der Waals surface area contributed by atoms with Crippen molar-refractivity contribution in [3.05, 3.63) is 35.5 Å². The van der Waals surface area contributed by atoms with Gasteiger partial charge in [-0.3, -0.25) is 4.79 Å². The average molecular weight is 431 g/mol. The minimum Gasteiger partial charge on any atom is -0.460 e. The van der Waals surface area contributed by atoms with Gasteiger partial charge in [0.25, 0.3) is 0 Å². The summed E-state index contributed by atoms with van der Waals surface area (Å²) >= 11 is 0. The van der Waals surface area contributed by atoms with Crippen LogP contribution in [0.1, 0.15) is 60.8 Å². The summed E-state index contributed by atoms with van der Waals surface area (Å²) in [5, 5.41) is 0. The number of carbonyl (C=O) groups excluding carboxylic acids is 3. The summed E-state index contributed by atoms with van der Waals surface area (Å²) in [5.74, 6) is -1.34. The summed E-state index contributed by atoms with van der Waals surface area (Å²) in [4.78, 5) is 38.6. The average Bonchev–Trinajstić information content (AvgIpc) is 3.18. The second-order valence-corrected chi connectivity index (χ2v) is 9.55. The highest BCUT2D eigenvalue weighted by atomic mass is 16.6. The quantitative estimate of drug-likeness (QED) is 0.286. The van der Waals surface area contributed by atoms with Crippen molar-refractivity contribution in [2.45, 2.75) is 73.0 Å².